The summed E-state index contributed by atoms with van der Waals surface area (Å²) in [5, 5.41) is 50.7. The third-order valence-electron chi connectivity index (χ3n) is 19.6. The number of hydrogen-bond acceptors (Lipinski definition) is 9. The summed E-state index contributed by atoms with van der Waals surface area (Å²) in [5.41, 5.74) is 16.3. The fourth-order valence-corrected chi connectivity index (χ4v) is 14.7. The van der Waals surface area contributed by atoms with E-state index in [0.29, 0.717) is 18.6 Å². The number of phenols is 5. The van der Waals surface area contributed by atoms with Gasteiger partial charge in [-0.15, -0.1) is 0 Å². The molecular formula is C88H106F2O9. The molecule has 99 heavy (non-hydrogen) atoms. The molecule has 0 heterocycles. The van der Waals surface area contributed by atoms with Gasteiger partial charge < -0.3 is 44.5 Å². The molecule has 0 fully saturated rings. The van der Waals surface area contributed by atoms with Gasteiger partial charge in [0.1, 0.15) is 51.7 Å². The fraction of sp³-hybridized carbons (Fsp3) is 0.386. The maximum absolute atomic E-state index is 10.4. The van der Waals surface area contributed by atoms with E-state index in [-0.39, 0.29) is 40.8 Å². The van der Waals surface area contributed by atoms with E-state index in [2.05, 4.69) is 80.6 Å². The second kappa shape index (κ2) is 40.2. The minimum absolute atomic E-state index is 0.0435. The van der Waals surface area contributed by atoms with Gasteiger partial charge in [0, 0.05) is 70.4 Å². The average Bonchev–Trinajstić information content (AvgIpc) is 0.765. The zero-order valence-electron chi connectivity index (χ0n) is 60.8. The van der Waals surface area contributed by atoms with Crippen LogP contribution in [0.2, 0.25) is 0 Å². The summed E-state index contributed by atoms with van der Waals surface area (Å²) in [6.45, 7) is 6.13. The predicted molar refractivity (Wildman–Crippen MR) is 399 cm³/mol. The van der Waals surface area contributed by atoms with Crippen LogP contribution >= 0.6 is 0 Å². The van der Waals surface area contributed by atoms with Gasteiger partial charge in [-0.25, -0.2) is 0 Å². The molecule has 0 bridgehead atoms. The molecule has 0 aromatic heterocycles. The van der Waals surface area contributed by atoms with Crippen molar-refractivity contribution in [1.82, 2.24) is 0 Å². The SMILES string of the molecule is CCCCCCCCCCCCOc1cccc(C2c3cccc(OC)c3Cc3c(OCCCCCCCCCCCC)cccc32)c1.COc1cccc2c1Cc1c(O)cccc1C2c1cccc(O)c1.Oc1cccc(C2c3cccc(O)c3Cc3c(O)cccc32)c1.[2H]CF.[2H]CF. The lowest BCUT2D eigenvalue weighted by Crippen LogP contribution is -2.17. The van der Waals surface area contributed by atoms with Gasteiger partial charge in [0.2, 0.25) is 0 Å². The lowest BCUT2D eigenvalue weighted by molar-refractivity contribution is 0.301. The van der Waals surface area contributed by atoms with Crippen LogP contribution in [0.1, 0.15) is 246 Å². The van der Waals surface area contributed by atoms with Gasteiger partial charge >= 0.3 is 0 Å². The lowest BCUT2D eigenvalue weighted by atomic mass is 9.74. The van der Waals surface area contributed by atoms with Gasteiger partial charge in [0.05, 0.1) is 44.5 Å². The first-order valence-electron chi connectivity index (χ1n) is 37.3. The molecule has 0 radical (unpaired) electrons. The van der Waals surface area contributed by atoms with Crippen molar-refractivity contribution < 1.29 is 56.0 Å². The highest BCUT2D eigenvalue weighted by molar-refractivity contribution is 5.64. The Bertz CT molecular complexity index is 3920. The number of benzene rings is 9. The van der Waals surface area contributed by atoms with Crippen LogP contribution in [0.15, 0.2) is 182 Å². The molecule has 9 aromatic rings. The number of hydrogen-bond donors (Lipinski definition) is 5. The molecule has 11 heteroatoms. The molecule has 2 atom stereocenters. The smallest absolute Gasteiger partial charge is 0.123 e. The Morgan fingerprint density at radius 1 is 0.333 bits per heavy atom. The van der Waals surface area contributed by atoms with Crippen molar-refractivity contribution >= 4 is 0 Å². The quantitative estimate of drug-likeness (QED) is 0.0290. The highest BCUT2D eigenvalue weighted by Gasteiger charge is 2.34. The Kier molecular flexibility index (Phi) is 29.5. The molecule has 2 unspecified atom stereocenters. The van der Waals surface area contributed by atoms with Gasteiger partial charge in [-0.05, 0) is 136 Å². The molecule has 5 N–H and O–H groups in total. The first-order chi connectivity index (χ1) is 49.4. The summed E-state index contributed by atoms with van der Waals surface area (Å²) in [7, 11) is 1.45. The molecule has 12 rings (SSSR count). The monoisotopic (exact) mass is 1350 g/mol. The van der Waals surface area contributed by atoms with Gasteiger partial charge in [-0.2, -0.15) is 0 Å². The number of aromatic hydroxyl groups is 5. The number of halogens is 2. The Labute approximate surface area is 591 Å². The Morgan fingerprint density at radius 3 is 0.990 bits per heavy atom. The lowest BCUT2D eigenvalue weighted by Gasteiger charge is -2.31. The number of phenolic OH excluding ortho intramolecular Hbond substituents is 5. The van der Waals surface area contributed by atoms with E-state index in [0.717, 1.165) is 111 Å². The minimum Gasteiger partial charge on any atom is -0.508 e. The van der Waals surface area contributed by atoms with Crippen LogP contribution in [0.25, 0.3) is 0 Å². The van der Waals surface area contributed by atoms with E-state index in [9.17, 15) is 34.3 Å². The molecule has 0 saturated heterocycles. The second-order valence-corrected chi connectivity index (χ2v) is 26.1. The van der Waals surface area contributed by atoms with E-state index in [1.54, 1.807) is 56.7 Å². The summed E-state index contributed by atoms with van der Waals surface area (Å²) >= 11 is 0. The molecule has 526 valence electrons. The maximum atomic E-state index is 10.4. The van der Waals surface area contributed by atoms with E-state index in [1.165, 1.54) is 143 Å². The molecule has 0 saturated carbocycles. The highest BCUT2D eigenvalue weighted by atomic mass is 19.1. The van der Waals surface area contributed by atoms with Crippen LogP contribution in [-0.2, 0) is 19.3 Å². The van der Waals surface area contributed by atoms with E-state index >= 15 is 0 Å². The second-order valence-electron chi connectivity index (χ2n) is 26.1. The van der Waals surface area contributed by atoms with Crippen LogP contribution in [0, 0.1) is 0 Å². The van der Waals surface area contributed by atoms with Crippen molar-refractivity contribution in [2.45, 2.75) is 179 Å². The van der Waals surface area contributed by atoms with Crippen LogP contribution in [0.4, 0.5) is 8.78 Å². The van der Waals surface area contributed by atoms with Crippen molar-refractivity contribution in [3.8, 4) is 51.7 Å². The molecule has 0 spiro atoms. The van der Waals surface area contributed by atoms with Crippen molar-refractivity contribution in [3.05, 3.63) is 265 Å². The number of alkyl halides is 2. The van der Waals surface area contributed by atoms with Crippen LogP contribution < -0.4 is 18.9 Å². The first kappa shape index (κ1) is 72.8. The van der Waals surface area contributed by atoms with Crippen molar-refractivity contribution in [3.63, 3.8) is 0 Å². The van der Waals surface area contributed by atoms with E-state index in [4.69, 9.17) is 21.7 Å². The summed E-state index contributed by atoms with van der Waals surface area (Å²) in [5.74, 6) is 4.94. The van der Waals surface area contributed by atoms with E-state index in [1.807, 2.05) is 72.8 Å². The van der Waals surface area contributed by atoms with Gasteiger partial charge in [0.15, 0.2) is 0 Å². The summed E-state index contributed by atoms with van der Waals surface area (Å²) in [6, 6.07) is 59.0. The minimum atomic E-state index is -1.00. The standard InChI is InChI=1S/C45H66O3.C21H18O3.C20H16O3.2CH3F/c1-4-6-8-10-12-14-16-18-20-22-33-47-38-28-24-27-37(35-38)45-39-29-25-31-43(46-3)41(39)36-42-40(45)30-26-32-44(42)48-34-23-21-19-17-15-13-11-9-7-5-2;1-24-20-10-4-8-16-18(20)12-17-15(7-3-9-19(17)23)21(16)13-5-2-6-14(22)11-13;21-13-5-1-4-12(10-13)20-14-6-2-8-18(22)16(14)11-17-15(20)7-3-9-19(17)23;2*1-2/h24-32,35,45H,4-23,33-34,36H2,1-3H3;2-11,21-23H,12H2,1H3;1-10,20-23H,11H2;2*1H3/i;;;2*1D. The topological polar surface area (TPSA) is 138 Å². The van der Waals surface area contributed by atoms with Crippen LogP contribution in [0.3, 0.4) is 0 Å². The van der Waals surface area contributed by atoms with Gasteiger partial charge in [0.25, 0.3) is 0 Å². The summed E-state index contributed by atoms with van der Waals surface area (Å²) in [6.07, 6.45) is 28.6. The number of rotatable bonds is 29. The Hall–Kier alpha value is -8.96. The molecule has 3 aliphatic rings. The number of unbranched alkanes of at least 4 members (excludes halogenated alkanes) is 18. The van der Waals surface area contributed by atoms with E-state index < -0.39 is 14.3 Å². The molecular weight excluding hydrogens is 1240 g/mol. The third kappa shape index (κ3) is 20.1. The number of fused-ring (bicyclic) bond motifs is 6. The predicted octanol–water partition coefficient (Wildman–Crippen LogP) is 22.6. The zero-order chi connectivity index (χ0) is 71.7. The Balaban J connectivity index is 0.000000202. The summed E-state index contributed by atoms with van der Waals surface area (Å²) < 4.78 is 55.3. The highest BCUT2D eigenvalue weighted by Crippen LogP contribution is 2.50. The van der Waals surface area contributed by atoms with Crippen molar-refractivity contribution in [2.24, 2.45) is 0 Å². The van der Waals surface area contributed by atoms with Crippen LogP contribution in [-0.4, -0.2) is 67.3 Å². The maximum Gasteiger partial charge on any atom is 0.123 e. The van der Waals surface area contributed by atoms with Gasteiger partial charge in [-0.3, -0.25) is 8.78 Å². The largest absolute Gasteiger partial charge is 0.508 e. The van der Waals surface area contributed by atoms with Crippen molar-refractivity contribution in [1.29, 1.82) is 0 Å². The molecule has 9 aromatic carbocycles. The molecule has 0 aliphatic heterocycles. The Morgan fingerprint density at radius 2 is 0.616 bits per heavy atom. The van der Waals surface area contributed by atoms with Crippen LogP contribution in [0.5, 0.6) is 51.7 Å². The third-order valence-corrected chi connectivity index (χ3v) is 19.6. The zero-order valence-corrected chi connectivity index (χ0v) is 58.8. The number of ether oxygens (including phenoxy) is 4. The number of methoxy groups -OCH3 is 2. The molecule has 3 aliphatic carbocycles. The average molecular weight is 1350 g/mol. The summed E-state index contributed by atoms with van der Waals surface area (Å²) in [4.78, 5) is 0. The fourth-order valence-electron chi connectivity index (χ4n) is 14.7. The molecule has 0 amide bonds. The van der Waals surface area contributed by atoms with Gasteiger partial charge in [-0.1, -0.05) is 239 Å². The molecule has 9 nitrogen and oxygen atoms in total. The van der Waals surface area contributed by atoms with Crippen molar-refractivity contribution in [2.75, 3.05) is 41.7 Å². The first-order valence-corrected chi connectivity index (χ1v) is 35.9. The normalized spacial score (nSPS) is 13.8.